The van der Waals surface area contributed by atoms with Crippen LogP contribution in [0.1, 0.15) is 28.8 Å². The third-order valence-electron chi connectivity index (χ3n) is 5.22. The first-order valence-electron chi connectivity index (χ1n) is 10.3. The van der Waals surface area contributed by atoms with Gasteiger partial charge in [-0.2, -0.15) is 0 Å². The Bertz CT molecular complexity index is 1180. The number of carbonyl (C=O) groups is 1. The summed E-state index contributed by atoms with van der Waals surface area (Å²) >= 11 is 5.82. The maximum absolute atomic E-state index is 12.5. The Morgan fingerprint density at radius 3 is 2.28 bits per heavy atom. The Kier molecular flexibility index (Phi) is 6.62. The maximum Gasteiger partial charge on any atom is 0.261 e. The molecule has 0 saturated carbocycles. The SMILES string of the molecule is O=C(NCc1ccc(N2CCCC2)nc1)c1ccc(S(=O)(=O)Nc2ccc(Cl)cc2)cc1. The second-order valence-corrected chi connectivity index (χ2v) is 9.66. The van der Waals surface area contributed by atoms with Gasteiger partial charge in [0.15, 0.2) is 0 Å². The van der Waals surface area contributed by atoms with Crippen LogP contribution in [0.5, 0.6) is 0 Å². The summed E-state index contributed by atoms with van der Waals surface area (Å²) in [6, 6.07) is 16.1. The third kappa shape index (κ3) is 5.38. The van der Waals surface area contributed by atoms with E-state index in [1.165, 1.54) is 37.1 Å². The molecule has 0 spiro atoms. The highest BCUT2D eigenvalue weighted by molar-refractivity contribution is 7.92. The monoisotopic (exact) mass is 470 g/mol. The van der Waals surface area contributed by atoms with Crippen molar-refractivity contribution in [2.75, 3.05) is 22.7 Å². The fraction of sp³-hybridized carbons (Fsp3) is 0.217. The summed E-state index contributed by atoms with van der Waals surface area (Å²) in [5.74, 6) is 0.671. The highest BCUT2D eigenvalue weighted by Gasteiger charge is 2.16. The van der Waals surface area contributed by atoms with Crippen LogP contribution in [0, 0.1) is 0 Å². The van der Waals surface area contributed by atoms with Crippen LogP contribution < -0.4 is 14.9 Å². The average molecular weight is 471 g/mol. The smallest absolute Gasteiger partial charge is 0.261 e. The summed E-state index contributed by atoms with van der Waals surface area (Å²) in [6.45, 7) is 2.40. The average Bonchev–Trinajstić information content (AvgIpc) is 3.34. The van der Waals surface area contributed by atoms with Crippen LogP contribution in [0.2, 0.25) is 5.02 Å². The van der Waals surface area contributed by atoms with Crippen LogP contribution in [0.25, 0.3) is 0 Å². The standard InChI is InChI=1S/C23H23ClN4O3S/c24-19-6-8-20(9-7-19)27-32(30,31)21-10-4-18(5-11-21)23(29)26-16-17-3-12-22(25-15-17)28-13-1-2-14-28/h3-12,15,27H,1-2,13-14,16H2,(H,26,29). The first kappa shape index (κ1) is 22.1. The molecule has 1 aliphatic heterocycles. The summed E-state index contributed by atoms with van der Waals surface area (Å²) in [5, 5.41) is 3.35. The minimum absolute atomic E-state index is 0.0608. The van der Waals surface area contributed by atoms with E-state index in [1.54, 1.807) is 30.5 Å². The van der Waals surface area contributed by atoms with Gasteiger partial charge in [0.25, 0.3) is 15.9 Å². The maximum atomic E-state index is 12.5. The number of pyridine rings is 1. The Balaban J connectivity index is 1.34. The van der Waals surface area contributed by atoms with E-state index < -0.39 is 10.0 Å². The predicted octanol–water partition coefficient (Wildman–Crippen LogP) is 4.07. The number of sulfonamides is 1. The van der Waals surface area contributed by atoms with E-state index in [4.69, 9.17) is 11.6 Å². The number of anilines is 2. The van der Waals surface area contributed by atoms with E-state index in [-0.39, 0.29) is 10.8 Å². The van der Waals surface area contributed by atoms with E-state index in [0.29, 0.717) is 22.8 Å². The van der Waals surface area contributed by atoms with Crippen LogP contribution >= 0.6 is 11.6 Å². The van der Waals surface area contributed by atoms with Gasteiger partial charge in [-0.15, -0.1) is 0 Å². The number of rotatable bonds is 7. The van der Waals surface area contributed by atoms with Gasteiger partial charge in [0.2, 0.25) is 0 Å². The van der Waals surface area contributed by atoms with Crippen LogP contribution in [-0.2, 0) is 16.6 Å². The van der Waals surface area contributed by atoms with Crippen LogP contribution in [0.15, 0.2) is 71.8 Å². The van der Waals surface area contributed by atoms with Crippen molar-refractivity contribution in [3.8, 4) is 0 Å². The molecule has 1 aliphatic rings. The van der Waals surface area contributed by atoms with Gasteiger partial charge in [0.1, 0.15) is 5.82 Å². The fourth-order valence-corrected chi connectivity index (χ4v) is 4.64. The number of amides is 1. The summed E-state index contributed by atoms with van der Waals surface area (Å²) in [4.78, 5) is 19.3. The van der Waals surface area contributed by atoms with Crippen molar-refractivity contribution < 1.29 is 13.2 Å². The molecule has 3 aromatic rings. The summed E-state index contributed by atoms with van der Waals surface area (Å²) in [7, 11) is -3.77. The highest BCUT2D eigenvalue weighted by atomic mass is 35.5. The molecule has 1 amide bonds. The van der Waals surface area contributed by atoms with Crippen LogP contribution in [0.4, 0.5) is 11.5 Å². The number of aromatic nitrogens is 1. The molecule has 0 unspecified atom stereocenters. The topological polar surface area (TPSA) is 91.4 Å². The number of nitrogens with one attached hydrogen (secondary N) is 2. The van der Waals surface area contributed by atoms with Gasteiger partial charge < -0.3 is 10.2 Å². The minimum atomic E-state index is -3.77. The molecule has 2 N–H and O–H groups in total. The van der Waals surface area contributed by atoms with Gasteiger partial charge in [0, 0.05) is 42.1 Å². The van der Waals surface area contributed by atoms with Crippen molar-refractivity contribution in [3.05, 3.63) is 83.0 Å². The highest BCUT2D eigenvalue weighted by Crippen LogP contribution is 2.19. The molecule has 0 aliphatic carbocycles. The Morgan fingerprint density at radius 2 is 1.66 bits per heavy atom. The van der Waals surface area contributed by atoms with Gasteiger partial charge in [-0.05, 0) is 73.0 Å². The van der Waals surface area contributed by atoms with Gasteiger partial charge in [0.05, 0.1) is 4.90 Å². The van der Waals surface area contributed by atoms with Gasteiger partial charge in [-0.25, -0.2) is 13.4 Å². The van der Waals surface area contributed by atoms with E-state index >= 15 is 0 Å². The minimum Gasteiger partial charge on any atom is -0.357 e. The molecular formula is C23H23ClN4O3S. The van der Waals surface area contributed by atoms with Crippen molar-refractivity contribution in [2.45, 2.75) is 24.3 Å². The molecular weight excluding hydrogens is 448 g/mol. The molecule has 2 aromatic carbocycles. The number of nitrogens with zero attached hydrogens (tertiary/aromatic N) is 2. The molecule has 0 radical (unpaired) electrons. The molecule has 1 fully saturated rings. The number of benzene rings is 2. The zero-order valence-corrected chi connectivity index (χ0v) is 18.9. The lowest BCUT2D eigenvalue weighted by atomic mass is 10.2. The Hall–Kier alpha value is -3.10. The normalized spacial score (nSPS) is 13.7. The quantitative estimate of drug-likeness (QED) is 0.543. The number of halogens is 1. The zero-order valence-electron chi connectivity index (χ0n) is 17.3. The first-order valence-corrected chi connectivity index (χ1v) is 12.1. The molecule has 9 heteroatoms. The number of hydrogen-bond donors (Lipinski definition) is 2. The Labute approximate surface area is 192 Å². The summed E-state index contributed by atoms with van der Waals surface area (Å²) in [6.07, 6.45) is 4.15. The van der Waals surface area contributed by atoms with Crippen LogP contribution in [0.3, 0.4) is 0 Å². The van der Waals surface area contributed by atoms with Crippen molar-refractivity contribution in [3.63, 3.8) is 0 Å². The third-order valence-corrected chi connectivity index (χ3v) is 6.86. The fourth-order valence-electron chi connectivity index (χ4n) is 3.46. The molecule has 2 heterocycles. The van der Waals surface area contributed by atoms with E-state index in [2.05, 4.69) is 19.9 Å². The molecule has 7 nitrogen and oxygen atoms in total. The van der Waals surface area contributed by atoms with Crippen molar-refractivity contribution in [1.29, 1.82) is 0 Å². The molecule has 1 saturated heterocycles. The van der Waals surface area contributed by atoms with E-state index in [9.17, 15) is 13.2 Å². The van der Waals surface area contributed by atoms with Crippen molar-refractivity contribution in [1.82, 2.24) is 10.3 Å². The van der Waals surface area contributed by atoms with Gasteiger partial charge in [-0.1, -0.05) is 17.7 Å². The Morgan fingerprint density at radius 1 is 0.969 bits per heavy atom. The molecule has 1 aromatic heterocycles. The van der Waals surface area contributed by atoms with Crippen molar-refractivity contribution >= 4 is 39.0 Å². The number of hydrogen-bond acceptors (Lipinski definition) is 5. The second-order valence-electron chi connectivity index (χ2n) is 7.54. The van der Waals surface area contributed by atoms with E-state index in [0.717, 1.165) is 24.5 Å². The zero-order chi connectivity index (χ0) is 22.6. The second kappa shape index (κ2) is 9.58. The molecule has 32 heavy (non-hydrogen) atoms. The number of carbonyl (C=O) groups excluding carboxylic acids is 1. The van der Waals surface area contributed by atoms with E-state index in [1.807, 2.05) is 12.1 Å². The lowest BCUT2D eigenvalue weighted by Crippen LogP contribution is -2.23. The lowest BCUT2D eigenvalue weighted by Gasteiger charge is -2.16. The van der Waals surface area contributed by atoms with Gasteiger partial charge >= 0.3 is 0 Å². The first-order chi connectivity index (χ1) is 15.4. The van der Waals surface area contributed by atoms with Crippen LogP contribution in [-0.4, -0.2) is 32.4 Å². The molecule has 166 valence electrons. The predicted molar refractivity (Wildman–Crippen MR) is 126 cm³/mol. The van der Waals surface area contributed by atoms with Crippen molar-refractivity contribution in [2.24, 2.45) is 0 Å². The van der Waals surface area contributed by atoms with Gasteiger partial charge in [-0.3, -0.25) is 9.52 Å². The summed E-state index contributed by atoms with van der Waals surface area (Å²) in [5.41, 5.74) is 1.67. The lowest BCUT2D eigenvalue weighted by molar-refractivity contribution is 0.0951. The summed E-state index contributed by atoms with van der Waals surface area (Å²) < 4.78 is 27.6. The molecule has 0 bridgehead atoms. The largest absolute Gasteiger partial charge is 0.357 e. The molecule has 0 atom stereocenters. The molecule has 4 rings (SSSR count).